The predicted octanol–water partition coefficient (Wildman–Crippen LogP) is 17.0. The number of benzene rings is 10. The Hall–Kier alpha value is -7.59. The van der Waals surface area contributed by atoms with Gasteiger partial charge < -0.3 is 9.80 Å². The number of thiol groups is 1. The van der Waals surface area contributed by atoms with Crippen LogP contribution in [0, 0.1) is 6.92 Å². The lowest BCUT2D eigenvalue weighted by Crippen LogP contribution is -2.12. The molecule has 0 atom stereocenters. The Labute approximate surface area is 370 Å². The molecule has 0 saturated heterocycles. The lowest BCUT2D eigenvalue weighted by molar-refractivity contribution is 1.26. The van der Waals surface area contributed by atoms with Gasteiger partial charge in [-0.2, -0.15) is 0 Å². The first kappa shape index (κ1) is 38.6. The van der Waals surface area contributed by atoms with Gasteiger partial charge in [-0.05, 0) is 129 Å². The van der Waals surface area contributed by atoms with Crippen LogP contribution in [0.5, 0.6) is 0 Å². The van der Waals surface area contributed by atoms with Crippen LogP contribution in [0.15, 0.2) is 248 Å². The molecule has 296 valence electrons. The lowest BCUT2D eigenvalue weighted by atomic mass is 9.97. The molecule has 0 bridgehead atoms. The van der Waals surface area contributed by atoms with Crippen molar-refractivity contribution < 1.29 is 0 Å². The van der Waals surface area contributed by atoms with Crippen LogP contribution in [0.2, 0.25) is 0 Å². The van der Waals surface area contributed by atoms with Gasteiger partial charge in [0.15, 0.2) is 0 Å². The summed E-state index contributed by atoms with van der Waals surface area (Å²) in [6.45, 7) is 2.22. The summed E-state index contributed by atoms with van der Waals surface area (Å²) in [6.07, 6.45) is 0. The topological polar surface area (TPSA) is 6.48 Å². The van der Waals surface area contributed by atoms with E-state index in [-0.39, 0.29) is 0 Å². The Morgan fingerprint density at radius 1 is 0.290 bits per heavy atom. The Kier molecular flexibility index (Phi) is 10.7. The van der Waals surface area contributed by atoms with Gasteiger partial charge in [0.25, 0.3) is 0 Å². The summed E-state index contributed by atoms with van der Waals surface area (Å²) in [6, 6.07) is 86.8. The Morgan fingerprint density at radius 2 is 0.677 bits per heavy atom. The van der Waals surface area contributed by atoms with Crippen LogP contribution in [-0.4, -0.2) is 0 Å². The molecule has 0 radical (unpaired) electrons. The van der Waals surface area contributed by atoms with Crippen molar-refractivity contribution >= 4 is 57.5 Å². The molecule has 3 heteroatoms. The van der Waals surface area contributed by atoms with E-state index in [2.05, 4.69) is 253 Å². The third kappa shape index (κ3) is 7.67. The Balaban J connectivity index is 0.966. The first-order valence-corrected chi connectivity index (χ1v) is 21.5. The van der Waals surface area contributed by atoms with Gasteiger partial charge >= 0.3 is 0 Å². The van der Waals surface area contributed by atoms with Gasteiger partial charge in [0.1, 0.15) is 0 Å². The van der Waals surface area contributed by atoms with Crippen molar-refractivity contribution in [2.75, 3.05) is 9.80 Å². The fourth-order valence-electron chi connectivity index (χ4n) is 8.59. The highest BCUT2D eigenvalue weighted by molar-refractivity contribution is 7.80. The summed E-state index contributed by atoms with van der Waals surface area (Å²) in [7, 11) is 0. The van der Waals surface area contributed by atoms with Crippen LogP contribution >= 0.6 is 12.6 Å². The SMILES string of the molecule is Cc1c(-c2ccccc2S)cccc1N(c1ccc(-c2ccc(N(c3ccccc3)c3ccc(-c4ccc(-c5ccccc5)cc4)cc3)cc2)cc1)c1cccc2ccccc12. The van der Waals surface area contributed by atoms with E-state index in [9.17, 15) is 0 Å². The molecule has 0 N–H and O–H groups in total. The Bertz CT molecular complexity index is 3100. The largest absolute Gasteiger partial charge is 0.311 e. The molecule has 10 aromatic carbocycles. The van der Waals surface area contributed by atoms with E-state index in [4.69, 9.17) is 12.6 Å². The zero-order valence-corrected chi connectivity index (χ0v) is 35.3. The summed E-state index contributed by atoms with van der Waals surface area (Å²) >= 11 is 4.84. The monoisotopic (exact) mass is 812 g/mol. The van der Waals surface area contributed by atoms with E-state index in [1.165, 1.54) is 44.2 Å². The van der Waals surface area contributed by atoms with Crippen molar-refractivity contribution in [3.05, 3.63) is 248 Å². The molecule has 0 aliphatic heterocycles. The number of rotatable bonds is 10. The van der Waals surface area contributed by atoms with E-state index in [1.54, 1.807) is 0 Å². The van der Waals surface area contributed by atoms with Crippen LogP contribution < -0.4 is 9.80 Å². The highest BCUT2D eigenvalue weighted by atomic mass is 32.1. The number of nitrogens with zero attached hydrogens (tertiary/aromatic N) is 2. The summed E-state index contributed by atoms with van der Waals surface area (Å²) in [5.41, 5.74) is 17.3. The number of fused-ring (bicyclic) bond motifs is 1. The quantitative estimate of drug-likeness (QED) is 0.137. The van der Waals surface area contributed by atoms with Gasteiger partial charge in [-0.1, -0.05) is 176 Å². The molecule has 10 aromatic rings. The molecule has 10 rings (SSSR count). The zero-order valence-electron chi connectivity index (χ0n) is 34.4. The molecular formula is C59H44N2S. The average molecular weight is 813 g/mol. The predicted molar refractivity (Wildman–Crippen MR) is 267 cm³/mol. The summed E-state index contributed by atoms with van der Waals surface area (Å²) in [5.74, 6) is 0. The second-order valence-electron chi connectivity index (χ2n) is 15.6. The highest BCUT2D eigenvalue weighted by Crippen LogP contribution is 2.44. The van der Waals surface area contributed by atoms with Crippen LogP contribution in [0.25, 0.3) is 55.3 Å². The fourth-order valence-corrected chi connectivity index (χ4v) is 8.87. The minimum Gasteiger partial charge on any atom is -0.311 e. The number of para-hydroxylation sites is 1. The van der Waals surface area contributed by atoms with E-state index < -0.39 is 0 Å². The van der Waals surface area contributed by atoms with Crippen LogP contribution in [-0.2, 0) is 0 Å². The maximum absolute atomic E-state index is 4.84. The van der Waals surface area contributed by atoms with Gasteiger partial charge in [0.05, 0.1) is 5.69 Å². The van der Waals surface area contributed by atoms with Crippen LogP contribution in [0.3, 0.4) is 0 Å². The third-order valence-electron chi connectivity index (χ3n) is 11.8. The second-order valence-corrected chi connectivity index (χ2v) is 16.0. The normalized spacial score (nSPS) is 11.1. The summed E-state index contributed by atoms with van der Waals surface area (Å²) < 4.78 is 0. The number of hydrogen-bond donors (Lipinski definition) is 1. The third-order valence-corrected chi connectivity index (χ3v) is 12.2. The molecule has 0 spiro atoms. The van der Waals surface area contributed by atoms with E-state index in [0.29, 0.717) is 0 Å². The maximum atomic E-state index is 4.84. The first-order valence-electron chi connectivity index (χ1n) is 21.1. The average Bonchev–Trinajstić information content (AvgIpc) is 3.34. The molecule has 0 aromatic heterocycles. The van der Waals surface area contributed by atoms with Crippen molar-refractivity contribution in [1.82, 2.24) is 0 Å². The standard InChI is InChI=1S/C59H44N2S/c1-42-54(56-21-10-11-25-59(56)62)22-13-23-57(42)61(58-24-12-17-49-16-8-9-20-55(49)58)53-40-34-48(35-41-53)47-32-38-52(39-33-47)60(50-18-6-3-7-19-50)51-36-30-46(31-37-51)45-28-26-44(27-29-45)43-14-4-2-5-15-43/h2-41,62H,1H3. The Morgan fingerprint density at radius 3 is 1.26 bits per heavy atom. The lowest BCUT2D eigenvalue weighted by Gasteiger charge is -2.29. The van der Waals surface area contributed by atoms with E-state index >= 15 is 0 Å². The van der Waals surface area contributed by atoms with Crippen molar-refractivity contribution in [3.8, 4) is 44.5 Å². The molecule has 0 unspecified atom stereocenters. The van der Waals surface area contributed by atoms with Crippen molar-refractivity contribution in [2.24, 2.45) is 0 Å². The smallest absolute Gasteiger partial charge is 0.0540 e. The minimum atomic E-state index is 0.964. The molecule has 0 heterocycles. The first-order chi connectivity index (χ1) is 30.6. The van der Waals surface area contributed by atoms with E-state index in [1.807, 2.05) is 6.07 Å². The van der Waals surface area contributed by atoms with Crippen LogP contribution in [0.4, 0.5) is 34.1 Å². The molecule has 62 heavy (non-hydrogen) atoms. The van der Waals surface area contributed by atoms with Gasteiger partial charge in [0, 0.05) is 38.7 Å². The maximum Gasteiger partial charge on any atom is 0.0540 e. The number of hydrogen-bond acceptors (Lipinski definition) is 3. The van der Waals surface area contributed by atoms with Gasteiger partial charge in [-0.15, -0.1) is 12.6 Å². The molecule has 2 nitrogen and oxygen atoms in total. The van der Waals surface area contributed by atoms with Gasteiger partial charge in [-0.25, -0.2) is 0 Å². The van der Waals surface area contributed by atoms with Crippen LogP contribution in [0.1, 0.15) is 5.56 Å². The zero-order chi connectivity index (χ0) is 41.8. The summed E-state index contributed by atoms with van der Waals surface area (Å²) in [4.78, 5) is 5.68. The summed E-state index contributed by atoms with van der Waals surface area (Å²) in [5, 5.41) is 2.40. The molecule has 0 amide bonds. The van der Waals surface area contributed by atoms with Crippen molar-refractivity contribution in [1.29, 1.82) is 0 Å². The van der Waals surface area contributed by atoms with Crippen molar-refractivity contribution in [3.63, 3.8) is 0 Å². The number of anilines is 6. The molecule has 0 aliphatic carbocycles. The second kappa shape index (κ2) is 17.2. The van der Waals surface area contributed by atoms with Crippen molar-refractivity contribution in [2.45, 2.75) is 11.8 Å². The fraction of sp³-hybridized carbons (Fsp3) is 0.0169. The molecule has 0 fully saturated rings. The minimum absolute atomic E-state index is 0.964. The molecule has 0 aliphatic rings. The highest BCUT2D eigenvalue weighted by Gasteiger charge is 2.20. The van der Waals surface area contributed by atoms with Gasteiger partial charge in [0.2, 0.25) is 0 Å². The molecular weight excluding hydrogens is 769 g/mol. The molecule has 0 saturated carbocycles. The van der Waals surface area contributed by atoms with Gasteiger partial charge in [-0.3, -0.25) is 0 Å². The van der Waals surface area contributed by atoms with E-state index in [0.717, 1.165) is 55.7 Å².